The van der Waals surface area contributed by atoms with E-state index < -0.39 is 0 Å². The van der Waals surface area contributed by atoms with E-state index in [4.69, 9.17) is 23.2 Å². The maximum atomic E-state index is 13.8. The predicted molar refractivity (Wildman–Crippen MR) is 144 cm³/mol. The molecule has 4 nitrogen and oxygen atoms in total. The first kappa shape index (κ1) is 26.6. The van der Waals surface area contributed by atoms with Crippen LogP contribution in [0, 0.1) is 12.7 Å². The van der Waals surface area contributed by atoms with Crippen LogP contribution in [0.5, 0.6) is 0 Å². The van der Waals surface area contributed by atoms with Gasteiger partial charge in [0.1, 0.15) is 12.4 Å². The maximum Gasteiger partial charge on any atom is 0.254 e. The Kier molecular flexibility index (Phi) is 9.04. The summed E-state index contributed by atoms with van der Waals surface area (Å²) in [6.07, 6.45) is 4.88. The molecule has 1 heterocycles. The number of rotatable bonds is 8. The number of aryl methyl sites for hydroxylation is 1. The van der Waals surface area contributed by atoms with Crippen molar-refractivity contribution in [3.8, 4) is 0 Å². The zero-order chi connectivity index (χ0) is 25.7. The van der Waals surface area contributed by atoms with Crippen LogP contribution in [0.1, 0.15) is 58.5 Å². The fourth-order valence-electron chi connectivity index (χ4n) is 4.63. The van der Waals surface area contributed by atoms with Crippen molar-refractivity contribution in [2.75, 3.05) is 6.54 Å². The van der Waals surface area contributed by atoms with Crippen molar-refractivity contribution in [2.45, 2.75) is 58.2 Å². The van der Waals surface area contributed by atoms with Gasteiger partial charge in [0.2, 0.25) is 5.91 Å². The third-order valence-electron chi connectivity index (χ3n) is 6.63. The molecular weight excluding hydrogens is 518 g/mol. The Morgan fingerprint density at radius 2 is 1.64 bits per heavy atom. The number of benzene rings is 2. The van der Waals surface area contributed by atoms with Crippen molar-refractivity contribution in [3.05, 3.63) is 91.3 Å². The third-order valence-corrected chi connectivity index (χ3v) is 8.08. The number of amides is 2. The fourth-order valence-corrected chi connectivity index (χ4v) is 6.08. The Morgan fingerprint density at radius 1 is 0.972 bits per heavy atom. The van der Waals surface area contributed by atoms with Crippen molar-refractivity contribution in [3.63, 3.8) is 0 Å². The largest absolute Gasteiger partial charge is 0.332 e. The Bertz CT molecular complexity index is 1190. The smallest absolute Gasteiger partial charge is 0.254 e. The molecule has 190 valence electrons. The van der Waals surface area contributed by atoms with Crippen molar-refractivity contribution in [2.24, 2.45) is 0 Å². The van der Waals surface area contributed by atoms with Gasteiger partial charge in [0, 0.05) is 33.1 Å². The first-order valence-electron chi connectivity index (χ1n) is 12.1. The second-order valence-corrected chi connectivity index (χ2v) is 11.2. The lowest BCUT2D eigenvalue weighted by atomic mass is 9.93. The van der Waals surface area contributed by atoms with E-state index in [2.05, 4.69) is 0 Å². The second-order valence-electron chi connectivity index (χ2n) is 9.29. The number of carbonyl (C=O) groups is 2. The number of carbonyl (C=O) groups excluding carboxylic acids is 2. The van der Waals surface area contributed by atoms with E-state index in [-0.39, 0.29) is 30.2 Å². The molecule has 3 aromatic rings. The summed E-state index contributed by atoms with van der Waals surface area (Å²) in [6, 6.07) is 13.0. The molecule has 0 atom stereocenters. The highest BCUT2D eigenvalue weighted by molar-refractivity contribution is 7.10. The van der Waals surface area contributed by atoms with E-state index in [1.165, 1.54) is 12.1 Å². The average Bonchev–Trinajstić information content (AvgIpc) is 3.27. The van der Waals surface area contributed by atoms with Gasteiger partial charge in [-0.1, -0.05) is 54.6 Å². The van der Waals surface area contributed by atoms with Crippen LogP contribution in [0.25, 0.3) is 0 Å². The molecule has 0 spiro atoms. The van der Waals surface area contributed by atoms with E-state index in [1.807, 2.05) is 18.4 Å². The first-order chi connectivity index (χ1) is 17.3. The lowest BCUT2D eigenvalue weighted by molar-refractivity contribution is -0.133. The van der Waals surface area contributed by atoms with Crippen LogP contribution in [-0.4, -0.2) is 34.2 Å². The van der Waals surface area contributed by atoms with Crippen LogP contribution in [0.3, 0.4) is 0 Å². The van der Waals surface area contributed by atoms with Crippen molar-refractivity contribution >= 4 is 46.4 Å². The topological polar surface area (TPSA) is 40.6 Å². The van der Waals surface area contributed by atoms with Crippen molar-refractivity contribution in [1.29, 1.82) is 0 Å². The lowest BCUT2D eigenvalue weighted by Crippen LogP contribution is -2.48. The Morgan fingerprint density at radius 3 is 2.25 bits per heavy atom. The molecule has 1 aliphatic rings. The maximum absolute atomic E-state index is 13.8. The summed E-state index contributed by atoms with van der Waals surface area (Å²) in [5.41, 5.74) is 2.33. The van der Waals surface area contributed by atoms with Gasteiger partial charge >= 0.3 is 0 Å². The van der Waals surface area contributed by atoms with E-state index >= 15 is 0 Å². The molecule has 1 saturated carbocycles. The Hall–Kier alpha value is -2.41. The monoisotopic (exact) mass is 546 g/mol. The fraction of sp³-hybridized carbons (Fsp3) is 0.357. The summed E-state index contributed by atoms with van der Waals surface area (Å²) in [4.78, 5) is 32.0. The van der Waals surface area contributed by atoms with Gasteiger partial charge in [-0.15, -0.1) is 11.3 Å². The molecule has 4 rings (SSSR count). The SMILES string of the molecule is Cc1ccsc1CN(Cc1ccc(F)cc1)C(=O)CN(C(=O)c1cc(Cl)cc(Cl)c1)C1CCCCC1. The molecular formula is C28H29Cl2FN2O2S. The highest BCUT2D eigenvalue weighted by atomic mass is 35.5. The number of halogens is 3. The van der Waals surface area contributed by atoms with Gasteiger partial charge < -0.3 is 9.80 Å². The van der Waals surface area contributed by atoms with E-state index in [9.17, 15) is 14.0 Å². The Labute approximate surface area is 225 Å². The van der Waals surface area contributed by atoms with E-state index in [0.717, 1.165) is 48.1 Å². The molecule has 1 aliphatic carbocycles. The molecule has 8 heteroatoms. The molecule has 36 heavy (non-hydrogen) atoms. The quantitative estimate of drug-likeness (QED) is 0.293. The van der Waals surface area contributed by atoms with Crippen LogP contribution in [0.2, 0.25) is 10.0 Å². The molecule has 1 aromatic heterocycles. The molecule has 0 N–H and O–H groups in total. The van der Waals surface area contributed by atoms with Gasteiger partial charge in [-0.05, 0) is 72.7 Å². The number of nitrogens with zero attached hydrogens (tertiary/aromatic N) is 2. The average molecular weight is 548 g/mol. The summed E-state index contributed by atoms with van der Waals surface area (Å²) in [5, 5.41) is 2.77. The first-order valence-corrected chi connectivity index (χ1v) is 13.8. The summed E-state index contributed by atoms with van der Waals surface area (Å²) in [7, 11) is 0. The molecule has 0 radical (unpaired) electrons. The highest BCUT2D eigenvalue weighted by Crippen LogP contribution is 2.27. The highest BCUT2D eigenvalue weighted by Gasteiger charge is 2.30. The van der Waals surface area contributed by atoms with Crippen molar-refractivity contribution in [1.82, 2.24) is 9.80 Å². The van der Waals surface area contributed by atoms with Crippen molar-refractivity contribution < 1.29 is 14.0 Å². The van der Waals surface area contributed by atoms with Crippen LogP contribution < -0.4 is 0 Å². The molecule has 0 unspecified atom stereocenters. The normalized spacial score (nSPS) is 14.0. The van der Waals surface area contributed by atoms with Gasteiger partial charge in [0.25, 0.3) is 5.91 Å². The molecule has 2 amide bonds. The standard InChI is InChI=1S/C28H29Cl2FN2O2S/c1-19-11-12-36-26(19)17-32(16-20-7-9-24(31)10-8-20)27(34)18-33(25-5-3-2-4-6-25)28(35)21-13-22(29)15-23(30)14-21/h7-15,25H,2-6,16-18H2,1H3. The van der Waals surface area contributed by atoms with Crippen LogP contribution in [0.15, 0.2) is 53.9 Å². The zero-order valence-electron chi connectivity index (χ0n) is 20.2. The van der Waals surface area contributed by atoms with Crippen LogP contribution >= 0.6 is 34.5 Å². The molecule has 2 aromatic carbocycles. The molecule has 0 aliphatic heterocycles. The Balaban J connectivity index is 1.61. The number of thiophene rings is 1. The van der Waals surface area contributed by atoms with Gasteiger partial charge in [-0.25, -0.2) is 4.39 Å². The zero-order valence-corrected chi connectivity index (χ0v) is 22.5. The predicted octanol–water partition coefficient (Wildman–Crippen LogP) is 7.51. The third kappa shape index (κ3) is 6.87. The summed E-state index contributed by atoms with van der Waals surface area (Å²) in [6.45, 7) is 2.73. The van der Waals surface area contributed by atoms with Gasteiger partial charge in [-0.2, -0.15) is 0 Å². The summed E-state index contributed by atoms with van der Waals surface area (Å²) in [5.74, 6) is -0.715. The lowest BCUT2D eigenvalue weighted by Gasteiger charge is -2.35. The summed E-state index contributed by atoms with van der Waals surface area (Å²) < 4.78 is 13.5. The van der Waals surface area contributed by atoms with Gasteiger partial charge in [0.05, 0.1) is 6.54 Å². The molecule has 1 fully saturated rings. The van der Waals surface area contributed by atoms with E-state index in [1.54, 1.807) is 51.5 Å². The van der Waals surface area contributed by atoms with Crippen LogP contribution in [0.4, 0.5) is 4.39 Å². The van der Waals surface area contributed by atoms with Gasteiger partial charge in [0.15, 0.2) is 0 Å². The molecule has 0 bridgehead atoms. The van der Waals surface area contributed by atoms with Gasteiger partial charge in [-0.3, -0.25) is 9.59 Å². The molecule has 0 saturated heterocycles. The minimum absolute atomic E-state index is 0.0240. The number of hydrogen-bond acceptors (Lipinski definition) is 3. The number of hydrogen-bond donors (Lipinski definition) is 0. The minimum atomic E-state index is -0.319. The van der Waals surface area contributed by atoms with Crippen LogP contribution in [-0.2, 0) is 17.9 Å². The second kappa shape index (κ2) is 12.2. The summed E-state index contributed by atoms with van der Waals surface area (Å²) >= 11 is 14.0. The van der Waals surface area contributed by atoms with E-state index in [0.29, 0.717) is 28.7 Å². The minimum Gasteiger partial charge on any atom is -0.332 e.